The van der Waals surface area contributed by atoms with Crippen molar-refractivity contribution in [3.63, 3.8) is 0 Å². The van der Waals surface area contributed by atoms with E-state index >= 15 is 0 Å². The molecule has 2 aliphatic rings. The van der Waals surface area contributed by atoms with E-state index in [0.29, 0.717) is 35.2 Å². The Bertz CT molecular complexity index is 547. The number of aliphatic hydroxyl groups is 1. The molecule has 114 valence electrons. The lowest BCUT2D eigenvalue weighted by Crippen LogP contribution is -2.33. The molecule has 1 saturated carbocycles. The topological polar surface area (TPSA) is 93.8 Å². The van der Waals surface area contributed by atoms with Gasteiger partial charge in [0.1, 0.15) is 0 Å². The highest BCUT2D eigenvalue weighted by atomic mass is 16.7. The zero-order chi connectivity index (χ0) is 14.8. The fourth-order valence-electron chi connectivity index (χ4n) is 2.93. The SMILES string of the molecule is Nc1cc2c(cc1C(=O)NCC1CCCC(O)C1)OCO2. The lowest BCUT2D eigenvalue weighted by Gasteiger charge is -2.26. The van der Waals surface area contributed by atoms with E-state index in [4.69, 9.17) is 15.2 Å². The Morgan fingerprint density at radius 3 is 2.86 bits per heavy atom. The monoisotopic (exact) mass is 292 g/mol. The molecule has 6 nitrogen and oxygen atoms in total. The molecule has 0 aromatic heterocycles. The number of nitrogens with two attached hydrogens (primary N) is 1. The van der Waals surface area contributed by atoms with E-state index in [-0.39, 0.29) is 18.8 Å². The molecule has 0 bridgehead atoms. The van der Waals surface area contributed by atoms with Crippen molar-refractivity contribution in [3.05, 3.63) is 17.7 Å². The molecule has 1 fully saturated rings. The number of rotatable bonds is 3. The Hall–Kier alpha value is -1.95. The Balaban J connectivity index is 1.63. The predicted molar refractivity (Wildman–Crippen MR) is 77.3 cm³/mol. The summed E-state index contributed by atoms with van der Waals surface area (Å²) in [6.45, 7) is 0.712. The minimum atomic E-state index is -0.240. The van der Waals surface area contributed by atoms with Crippen molar-refractivity contribution in [3.8, 4) is 11.5 Å². The van der Waals surface area contributed by atoms with Gasteiger partial charge < -0.3 is 25.6 Å². The van der Waals surface area contributed by atoms with Crippen LogP contribution >= 0.6 is 0 Å². The number of nitrogen functional groups attached to an aromatic ring is 1. The lowest BCUT2D eigenvalue weighted by atomic mass is 9.87. The molecule has 1 aliphatic heterocycles. The molecular weight excluding hydrogens is 272 g/mol. The molecule has 2 unspecified atom stereocenters. The number of fused-ring (bicyclic) bond motifs is 1. The van der Waals surface area contributed by atoms with Gasteiger partial charge in [-0.25, -0.2) is 0 Å². The highest BCUT2D eigenvalue weighted by Gasteiger charge is 2.23. The molecule has 0 saturated heterocycles. The molecule has 2 atom stereocenters. The zero-order valence-corrected chi connectivity index (χ0v) is 11.8. The fraction of sp³-hybridized carbons (Fsp3) is 0.533. The Labute approximate surface area is 123 Å². The minimum absolute atomic E-state index is 0.153. The van der Waals surface area contributed by atoms with Gasteiger partial charge in [-0.3, -0.25) is 4.79 Å². The van der Waals surface area contributed by atoms with Crippen LogP contribution in [0.25, 0.3) is 0 Å². The quantitative estimate of drug-likeness (QED) is 0.730. The first kappa shape index (κ1) is 14.0. The summed E-state index contributed by atoms with van der Waals surface area (Å²) in [5, 5.41) is 12.5. The van der Waals surface area contributed by atoms with Crippen molar-refractivity contribution in [1.82, 2.24) is 5.32 Å². The number of ether oxygens (including phenoxy) is 2. The van der Waals surface area contributed by atoms with Crippen molar-refractivity contribution in [2.24, 2.45) is 5.92 Å². The Morgan fingerprint density at radius 1 is 1.33 bits per heavy atom. The average Bonchev–Trinajstić information content (AvgIpc) is 2.91. The van der Waals surface area contributed by atoms with Gasteiger partial charge in [-0.05, 0) is 31.2 Å². The van der Waals surface area contributed by atoms with E-state index < -0.39 is 0 Å². The Kier molecular flexibility index (Phi) is 3.88. The summed E-state index contributed by atoms with van der Waals surface area (Å²) < 4.78 is 10.5. The first-order chi connectivity index (χ1) is 10.1. The molecule has 1 aliphatic carbocycles. The van der Waals surface area contributed by atoms with E-state index in [1.54, 1.807) is 12.1 Å². The van der Waals surface area contributed by atoms with Crippen LogP contribution in [0.2, 0.25) is 0 Å². The average molecular weight is 292 g/mol. The van der Waals surface area contributed by atoms with Crippen LogP contribution in [0.5, 0.6) is 11.5 Å². The van der Waals surface area contributed by atoms with Gasteiger partial charge in [0, 0.05) is 18.3 Å². The first-order valence-corrected chi connectivity index (χ1v) is 7.29. The molecule has 1 aromatic carbocycles. The number of carbonyl (C=O) groups is 1. The standard InChI is InChI=1S/C15H20N2O4/c16-12-6-14-13(20-8-21-14)5-11(12)15(19)17-7-9-2-1-3-10(18)4-9/h5-6,9-10,18H,1-4,7-8,16H2,(H,17,19). The normalized spacial score (nSPS) is 23.9. The third-order valence-electron chi connectivity index (χ3n) is 4.10. The third-order valence-corrected chi connectivity index (χ3v) is 4.10. The van der Waals surface area contributed by atoms with Crippen molar-refractivity contribution >= 4 is 11.6 Å². The second kappa shape index (κ2) is 5.81. The van der Waals surface area contributed by atoms with Gasteiger partial charge in [0.25, 0.3) is 5.91 Å². The van der Waals surface area contributed by atoms with Gasteiger partial charge in [0.15, 0.2) is 11.5 Å². The van der Waals surface area contributed by atoms with Crippen LogP contribution < -0.4 is 20.5 Å². The summed E-state index contributed by atoms with van der Waals surface area (Å²) in [7, 11) is 0. The number of hydrogen-bond acceptors (Lipinski definition) is 5. The maximum atomic E-state index is 12.2. The summed E-state index contributed by atoms with van der Waals surface area (Å²) in [5.74, 6) is 1.22. The van der Waals surface area contributed by atoms with E-state index in [1.807, 2.05) is 0 Å². The largest absolute Gasteiger partial charge is 0.454 e. The molecule has 21 heavy (non-hydrogen) atoms. The summed E-state index contributed by atoms with van der Waals surface area (Å²) in [6, 6.07) is 3.23. The summed E-state index contributed by atoms with van der Waals surface area (Å²) in [5.41, 5.74) is 6.66. The summed E-state index contributed by atoms with van der Waals surface area (Å²) >= 11 is 0. The van der Waals surface area contributed by atoms with E-state index in [2.05, 4.69) is 5.32 Å². The van der Waals surface area contributed by atoms with Gasteiger partial charge >= 0.3 is 0 Å². The molecule has 0 spiro atoms. The predicted octanol–water partition coefficient (Wildman–Crippen LogP) is 1.28. The second-order valence-electron chi connectivity index (χ2n) is 5.69. The number of benzene rings is 1. The van der Waals surface area contributed by atoms with Gasteiger partial charge in [0.2, 0.25) is 6.79 Å². The lowest BCUT2D eigenvalue weighted by molar-refractivity contribution is 0.0874. The fourth-order valence-corrected chi connectivity index (χ4v) is 2.93. The molecule has 4 N–H and O–H groups in total. The third kappa shape index (κ3) is 3.05. The van der Waals surface area contributed by atoms with E-state index in [9.17, 15) is 9.90 Å². The molecular formula is C15H20N2O4. The van der Waals surface area contributed by atoms with E-state index in [0.717, 1.165) is 25.7 Å². The van der Waals surface area contributed by atoms with Crippen LogP contribution in [0, 0.1) is 5.92 Å². The maximum Gasteiger partial charge on any atom is 0.253 e. The van der Waals surface area contributed by atoms with Gasteiger partial charge in [-0.1, -0.05) is 6.42 Å². The maximum absolute atomic E-state index is 12.2. The zero-order valence-electron chi connectivity index (χ0n) is 11.8. The molecule has 1 aromatic rings. The number of amides is 1. The van der Waals surface area contributed by atoms with Gasteiger partial charge in [0.05, 0.1) is 11.7 Å². The highest BCUT2D eigenvalue weighted by Crippen LogP contribution is 2.35. The van der Waals surface area contributed by atoms with Crippen LogP contribution in [-0.4, -0.2) is 30.5 Å². The summed E-state index contributed by atoms with van der Waals surface area (Å²) in [4.78, 5) is 12.2. The molecule has 6 heteroatoms. The molecule has 3 rings (SSSR count). The van der Waals surface area contributed by atoms with Crippen LogP contribution in [0.1, 0.15) is 36.0 Å². The number of nitrogens with one attached hydrogen (secondary N) is 1. The second-order valence-corrected chi connectivity index (χ2v) is 5.69. The van der Waals surface area contributed by atoms with Crippen LogP contribution in [0.15, 0.2) is 12.1 Å². The highest BCUT2D eigenvalue weighted by molar-refractivity contribution is 6.00. The van der Waals surface area contributed by atoms with Crippen molar-refractivity contribution in [1.29, 1.82) is 0 Å². The number of aliphatic hydroxyl groups excluding tert-OH is 1. The summed E-state index contributed by atoms with van der Waals surface area (Å²) in [6.07, 6.45) is 3.41. The van der Waals surface area contributed by atoms with Gasteiger partial charge in [-0.2, -0.15) is 0 Å². The van der Waals surface area contributed by atoms with Crippen LogP contribution in [0.3, 0.4) is 0 Å². The van der Waals surface area contributed by atoms with Crippen molar-refractivity contribution < 1.29 is 19.4 Å². The smallest absolute Gasteiger partial charge is 0.253 e. The molecule has 0 radical (unpaired) electrons. The minimum Gasteiger partial charge on any atom is -0.454 e. The van der Waals surface area contributed by atoms with Crippen LogP contribution in [-0.2, 0) is 0 Å². The number of anilines is 1. The number of hydrogen-bond donors (Lipinski definition) is 3. The van der Waals surface area contributed by atoms with Gasteiger partial charge in [-0.15, -0.1) is 0 Å². The number of carbonyl (C=O) groups excluding carboxylic acids is 1. The molecule has 1 amide bonds. The Morgan fingerprint density at radius 2 is 2.10 bits per heavy atom. The first-order valence-electron chi connectivity index (χ1n) is 7.29. The van der Waals surface area contributed by atoms with Crippen molar-refractivity contribution in [2.75, 3.05) is 19.1 Å². The molecule has 1 heterocycles. The van der Waals surface area contributed by atoms with Crippen LogP contribution in [0.4, 0.5) is 5.69 Å². The van der Waals surface area contributed by atoms with Crippen molar-refractivity contribution in [2.45, 2.75) is 31.8 Å². The van der Waals surface area contributed by atoms with E-state index in [1.165, 1.54) is 0 Å².